The maximum absolute atomic E-state index is 14.4. The number of anilines is 2. The summed E-state index contributed by atoms with van der Waals surface area (Å²) in [5.74, 6) is -2.26. The Labute approximate surface area is 335 Å². The highest BCUT2D eigenvalue weighted by atomic mass is 32.1. The van der Waals surface area contributed by atoms with Gasteiger partial charge in [-0.25, -0.2) is 9.37 Å². The lowest BCUT2D eigenvalue weighted by Gasteiger charge is -2.35. The number of aromatic hydroxyl groups is 1. The Balaban J connectivity index is 0.835. The fraction of sp³-hybridized carbons (Fsp3) is 0.268. The van der Waals surface area contributed by atoms with E-state index in [9.17, 15) is 33.5 Å². The maximum Gasteiger partial charge on any atom is 0.255 e. The van der Waals surface area contributed by atoms with Crippen LogP contribution in [0.1, 0.15) is 61.9 Å². The van der Waals surface area contributed by atoms with Gasteiger partial charge < -0.3 is 19.8 Å². The van der Waals surface area contributed by atoms with Gasteiger partial charge in [-0.1, -0.05) is 24.3 Å². The van der Waals surface area contributed by atoms with Gasteiger partial charge in [0.2, 0.25) is 11.8 Å². The number of halogens is 1. The number of piperazine rings is 1. The van der Waals surface area contributed by atoms with Crippen molar-refractivity contribution in [2.24, 2.45) is 0 Å². The van der Waals surface area contributed by atoms with Crippen molar-refractivity contribution in [1.29, 1.82) is 0 Å². The number of thiazole rings is 1. The van der Waals surface area contributed by atoms with E-state index >= 15 is 0 Å². The van der Waals surface area contributed by atoms with Gasteiger partial charge >= 0.3 is 0 Å². The second-order valence-electron chi connectivity index (χ2n) is 14.7. The number of rotatable bonds is 9. The molecule has 3 aromatic carbocycles. The predicted octanol–water partition coefficient (Wildman–Crippen LogP) is 3.86. The Hall–Kier alpha value is -6.59. The van der Waals surface area contributed by atoms with Crippen LogP contribution in [0.3, 0.4) is 0 Å². The number of aromatic nitrogens is 3. The number of amides is 5. The first-order valence-electron chi connectivity index (χ1n) is 18.8. The van der Waals surface area contributed by atoms with Crippen LogP contribution >= 0.6 is 11.3 Å². The summed E-state index contributed by atoms with van der Waals surface area (Å²) in [5, 5.41) is 26.7. The number of nitrogens with one attached hydrogen (secondary N) is 2. The first-order chi connectivity index (χ1) is 28.1. The van der Waals surface area contributed by atoms with Crippen LogP contribution in [0.4, 0.5) is 15.3 Å². The molecule has 2 unspecified atom stereocenters. The van der Waals surface area contributed by atoms with E-state index in [-0.39, 0.29) is 36.1 Å². The van der Waals surface area contributed by atoms with Crippen LogP contribution in [0.25, 0.3) is 11.3 Å². The molecule has 15 nitrogen and oxygen atoms in total. The number of hydrogen-bond acceptors (Lipinski definition) is 12. The monoisotopic (exact) mass is 801 g/mol. The van der Waals surface area contributed by atoms with Gasteiger partial charge in [0.15, 0.2) is 10.9 Å². The van der Waals surface area contributed by atoms with E-state index in [0.29, 0.717) is 52.6 Å². The molecule has 6 heterocycles. The quantitative estimate of drug-likeness (QED) is 0.184. The molecule has 4 aliphatic rings. The number of benzene rings is 3. The summed E-state index contributed by atoms with van der Waals surface area (Å²) in [6, 6.07) is 16.2. The summed E-state index contributed by atoms with van der Waals surface area (Å²) in [5.41, 5.74) is 4.76. The number of nitrogens with zero attached hydrogens (tertiary/aromatic N) is 7. The van der Waals surface area contributed by atoms with Crippen molar-refractivity contribution < 1.29 is 33.5 Å². The second-order valence-corrected chi connectivity index (χ2v) is 15.6. The van der Waals surface area contributed by atoms with E-state index in [4.69, 9.17) is 0 Å². The number of carbonyl (C=O) groups excluding carboxylic acids is 5. The molecule has 294 valence electrons. The average Bonchev–Trinajstić information content (AvgIpc) is 3.94. The van der Waals surface area contributed by atoms with E-state index in [1.165, 1.54) is 22.4 Å². The van der Waals surface area contributed by atoms with Crippen LogP contribution in [-0.2, 0) is 34.0 Å². The minimum atomic E-state index is -1.33. The minimum absolute atomic E-state index is 0.0428. The van der Waals surface area contributed by atoms with Crippen LogP contribution in [0.2, 0.25) is 0 Å². The van der Waals surface area contributed by atoms with Gasteiger partial charge in [-0.15, -0.1) is 21.5 Å². The summed E-state index contributed by atoms with van der Waals surface area (Å²) in [6.07, 6.45) is 2.07. The third-order valence-corrected chi connectivity index (χ3v) is 11.8. The lowest BCUT2D eigenvalue weighted by Crippen LogP contribution is -2.52. The number of imide groups is 1. The lowest BCUT2D eigenvalue weighted by molar-refractivity contribution is -0.137. The molecule has 2 saturated heterocycles. The van der Waals surface area contributed by atoms with E-state index in [1.54, 1.807) is 22.4 Å². The van der Waals surface area contributed by atoms with Gasteiger partial charge in [0, 0.05) is 86.1 Å². The zero-order chi connectivity index (χ0) is 40.1. The van der Waals surface area contributed by atoms with E-state index < -0.39 is 35.6 Å². The standard InChI is InChI=1S/C41H36FN9O6S/c42-27-4-8-33(52)30(19-27)36(38(55)45-41-43-11-16-58-41)51-21-25-3-2-24(18-29(25)40(51)57)31-6-9-34(47-46-31)49-14-12-48(13-15-49)20-23-1-5-28-26(17-23)22-50(39(28)56)32-7-10-35(53)44-37(32)54/h1-6,8-9,11,16-19,32,36,52H,7,10,12-15,20-22H2,(H,43,45,55)(H,44,53,54). The third kappa shape index (κ3) is 7.02. The third-order valence-electron chi connectivity index (χ3n) is 11.1. The molecule has 17 heteroatoms. The Morgan fingerprint density at radius 2 is 1.76 bits per heavy atom. The molecule has 0 spiro atoms. The van der Waals surface area contributed by atoms with Crippen LogP contribution in [0.5, 0.6) is 5.75 Å². The Bertz CT molecular complexity index is 2470. The molecule has 3 N–H and O–H groups in total. The number of phenolic OH excluding ortho intramolecular Hbond substituents is 1. The number of carbonyl (C=O) groups is 5. The zero-order valence-corrected chi connectivity index (χ0v) is 31.7. The summed E-state index contributed by atoms with van der Waals surface area (Å²) in [6.45, 7) is 4.11. The zero-order valence-electron chi connectivity index (χ0n) is 30.9. The topological polar surface area (TPSA) is 181 Å². The highest BCUT2D eigenvalue weighted by Gasteiger charge is 2.41. The molecule has 0 radical (unpaired) electrons. The summed E-state index contributed by atoms with van der Waals surface area (Å²) in [4.78, 5) is 76.1. The lowest BCUT2D eigenvalue weighted by atomic mass is 10.0. The van der Waals surface area contributed by atoms with Gasteiger partial charge in [-0.3, -0.25) is 39.5 Å². The molecule has 4 aliphatic heterocycles. The molecule has 0 bridgehead atoms. The van der Waals surface area contributed by atoms with Gasteiger partial charge in [-0.2, -0.15) is 0 Å². The summed E-state index contributed by atoms with van der Waals surface area (Å²) >= 11 is 1.19. The molecule has 0 saturated carbocycles. The average molecular weight is 802 g/mol. The van der Waals surface area contributed by atoms with Crippen molar-refractivity contribution in [2.45, 2.75) is 44.6 Å². The highest BCUT2D eigenvalue weighted by Crippen LogP contribution is 2.38. The van der Waals surface area contributed by atoms with Crippen LogP contribution < -0.4 is 15.5 Å². The molecule has 2 fully saturated rings. The van der Waals surface area contributed by atoms with E-state index in [1.807, 2.05) is 36.4 Å². The predicted molar refractivity (Wildman–Crippen MR) is 209 cm³/mol. The molecule has 2 atom stereocenters. The fourth-order valence-electron chi connectivity index (χ4n) is 8.11. The van der Waals surface area contributed by atoms with Gasteiger partial charge in [0.25, 0.3) is 17.7 Å². The van der Waals surface area contributed by atoms with Crippen LogP contribution in [-0.4, -0.2) is 96.7 Å². The van der Waals surface area contributed by atoms with Crippen molar-refractivity contribution >= 4 is 51.8 Å². The summed E-state index contributed by atoms with van der Waals surface area (Å²) in [7, 11) is 0. The molecule has 2 aromatic heterocycles. The van der Waals surface area contributed by atoms with Crippen molar-refractivity contribution in [2.75, 3.05) is 36.4 Å². The fourth-order valence-corrected chi connectivity index (χ4v) is 8.64. The van der Waals surface area contributed by atoms with E-state index in [2.05, 4.69) is 35.6 Å². The van der Waals surface area contributed by atoms with Gasteiger partial charge in [0.05, 0.1) is 5.69 Å². The molecule has 9 rings (SSSR count). The number of piperidine rings is 1. The second kappa shape index (κ2) is 15.1. The molecule has 5 amide bonds. The van der Waals surface area contributed by atoms with Crippen molar-refractivity contribution in [3.8, 4) is 17.0 Å². The number of phenols is 1. The first kappa shape index (κ1) is 37.0. The first-order valence-corrected chi connectivity index (χ1v) is 19.7. The molecule has 58 heavy (non-hydrogen) atoms. The number of fused-ring (bicyclic) bond motifs is 2. The largest absolute Gasteiger partial charge is 0.508 e. The highest BCUT2D eigenvalue weighted by molar-refractivity contribution is 7.13. The van der Waals surface area contributed by atoms with Crippen LogP contribution in [0, 0.1) is 5.82 Å². The Morgan fingerprint density at radius 1 is 0.914 bits per heavy atom. The van der Waals surface area contributed by atoms with Crippen molar-refractivity contribution in [1.82, 2.24) is 35.2 Å². The molecule has 5 aromatic rings. The van der Waals surface area contributed by atoms with Crippen molar-refractivity contribution in [3.05, 3.63) is 118 Å². The summed E-state index contributed by atoms with van der Waals surface area (Å²) < 4.78 is 14.4. The number of hydrogen-bond donors (Lipinski definition) is 3. The van der Waals surface area contributed by atoms with Crippen molar-refractivity contribution in [3.63, 3.8) is 0 Å². The molecular weight excluding hydrogens is 766 g/mol. The van der Waals surface area contributed by atoms with Gasteiger partial charge in [0.1, 0.15) is 23.7 Å². The Kier molecular flexibility index (Phi) is 9.61. The SMILES string of the molecule is O=C1CCC(N2Cc3cc(CN4CCN(c5ccc(-c6ccc7c(c6)C(=O)N(C(C(=O)Nc6nccs6)c6cc(F)ccc6O)C7)nn5)CC4)ccc3C2=O)C(=O)N1. The Morgan fingerprint density at radius 3 is 2.52 bits per heavy atom. The smallest absolute Gasteiger partial charge is 0.255 e. The molecule has 0 aliphatic carbocycles. The maximum atomic E-state index is 14.4. The van der Waals surface area contributed by atoms with Gasteiger partial charge in [-0.05, 0) is 65.6 Å². The normalized spacial score (nSPS) is 18.6. The minimum Gasteiger partial charge on any atom is -0.508 e. The molecular formula is C41H36FN9O6S. The van der Waals surface area contributed by atoms with E-state index in [0.717, 1.165) is 61.3 Å². The van der Waals surface area contributed by atoms with Crippen LogP contribution in [0.15, 0.2) is 78.3 Å².